The lowest BCUT2D eigenvalue weighted by molar-refractivity contribution is -0.282. The van der Waals surface area contributed by atoms with Crippen LogP contribution in [-0.2, 0) is 33.3 Å². The fraction of sp³-hybridized carbons (Fsp3) is 0.850. The van der Waals surface area contributed by atoms with Crippen LogP contribution in [0.25, 0.3) is 0 Å². The molecule has 0 aliphatic carbocycles. The molecule has 52 heavy (non-hydrogen) atoms. The molecule has 0 spiro atoms. The first-order valence-electron chi connectivity index (χ1n) is 18.9. The first-order chi connectivity index (χ1) is 23.8. The Bertz CT molecular complexity index is 1460. The molecule has 1 amide bonds. The number of hydrogen-bond donors (Lipinski definition) is 0. The first kappa shape index (κ1) is 42.2. The molecule has 13 atom stereocenters. The molecule has 0 N–H and O–H groups in total. The minimum Gasteiger partial charge on any atom is -0.455 e. The molecule has 3 saturated heterocycles. The number of ketones is 1. The van der Waals surface area contributed by atoms with E-state index in [0.29, 0.717) is 0 Å². The molecule has 0 aromatic carbocycles. The molecule has 4 aliphatic heterocycles. The Morgan fingerprint density at radius 3 is 2.19 bits per heavy atom. The van der Waals surface area contributed by atoms with E-state index >= 15 is 4.39 Å². The monoisotopic (exact) mass is 733 g/mol. The van der Waals surface area contributed by atoms with E-state index in [9.17, 15) is 14.4 Å². The van der Waals surface area contributed by atoms with E-state index in [4.69, 9.17) is 35.1 Å². The predicted octanol–water partition coefficient (Wildman–Crippen LogP) is 6.00. The van der Waals surface area contributed by atoms with Gasteiger partial charge in [0.2, 0.25) is 0 Å². The summed E-state index contributed by atoms with van der Waals surface area (Å²) in [5.41, 5.74) is -6.66. The topological polar surface area (TPSA) is 116 Å². The van der Waals surface area contributed by atoms with Gasteiger partial charge in [-0.1, -0.05) is 40.5 Å². The fourth-order valence-corrected chi connectivity index (χ4v) is 9.40. The van der Waals surface area contributed by atoms with Gasteiger partial charge in [-0.3, -0.25) is 14.7 Å². The first-order valence-corrected chi connectivity index (χ1v) is 18.9. The molecular weight excluding hydrogens is 669 g/mol. The number of alkyl halides is 1. The summed E-state index contributed by atoms with van der Waals surface area (Å²) in [4.78, 5) is 51.6. The van der Waals surface area contributed by atoms with E-state index in [1.165, 1.54) is 0 Å². The van der Waals surface area contributed by atoms with Gasteiger partial charge >= 0.3 is 12.1 Å². The number of cyclic esters (lactones) is 1. The van der Waals surface area contributed by atoms with Crippen molar-refractivity contribution in [2.24, 2.45) is 28.7 Å². The number of ether oxygens (including phenoxy) is 5. The zero-order chi connectivity index (χ0) is 39.5. The number of carbonyl (C=O) groups excluding carboxylic acids is 3. The Balaban J connectivity index is 1.98. The number of fused-ring (bicyclic) bond motifs is 1. The highest BCUT2D eigenvalue weighted by Crippen LogP contribution is 2.50. The van der Waals surface area contributed by atoms with Crippen molar-refractivity contribution in [3.05, 3.63) is 0 Å². The van der Waals surface area contributed by atoms with Gasteiger partial charge in [-0.15, -0.1) is 6.42 Å². The van der Waals surface area contributed by atoms with Crippen molar-refractivity contribution in [2.45, 2.75) is 174 Å². The molecule has 3 fully saturated rings. The number of carbonyl (C=O) groups is 3. The summed E-state index contributed by atoms with van der Waals surface area (Å²) in [7, 11) is 4.00. The third-order valence-electron chi connectivity index (χ3n) is 13.0. The highest BCUT2D eigenvalue weighted by molar-refractivity contribution is 6.08. The summed E-state index contributed by atoms with van der Waals surface area (Å²) in [6.45, 7) is 23.6. The minimum atomic E-state index is -3.09. The lowest BCUT2D eigenvalue weighted by Gasteiger charge is -2.48. The zero-order valence-electron chi connectivity index (χ0n) is 34.2. The quantitative estimate of drug-likeness (QED) is 0.184. The van der Waals surface area contributed by atoms with Gasteiger partial charge < -0.3 is 28.6 Å². The van der Waals surface area contributed by atoms with E-state index in [2.05, 4.69) is 10.8 Å². The summed E-state index contributed by atoms with van der Waals surface area (Å²) in [6, 6.07) is -0.562. The Kier molecular flexibility index (Phi) is 11.8. The van der Waals surface area contributed by atoms with Crippen LogP contribution in [0.15, 0.2) is 4.99 Å². The molecule has 294 valence electrons. The Hall–Kier alpha value is -2.59. The molecule has 4 heterocycles. The Morgan fingerprint density at radius 1 is 1.02 bits per heavy atom. The average Bonchev–Trinajstić information content (AvgIpc) is 3.30. The van der Waals surface area contributed by atoms with Crippen LogP contribution in [0.2, 0.25) is 0 Å². The van der Waals surface area contributed by atoms with Gasteiger partial charge in [-0.25, -0.2) is 14.0 Å². The molecule has 0 aromatic heterocycles. The molecule has 2 bridgehead atoms. The molecule has 4 aliphatic rings. The summed E-state index contributed by atoms with van der Waals surface area (Å²) in [5, 5.41) is 0. The Morgan fingerprint density at radius 2 is 1.63 bits per heavy atom. The van der Waals surface area contributed by atoms with Gasteiger partial charge in [0, 0.05) is 29.5 Å². The van der Waals surface area contributed by atoms with Crippen LogP contribution in [0.4, 0.5) is 9.18 Å². The highest BCUT2D eigenvalue weighted by atomic mass is 19.1. The maximum atomic E-state index is 17.0. The van der Waals surface area contributed by atoms with Crippen LogP contribution in [-0.4, -0.2) is 119 Å². The number of Topliss-reactive ketones (excluding diaryl/α,β-unsaturated/α-hetero) is 1. The van der Waals surface area contributed by atoms with Gasteiger partial charge in [-0.2, -0.15) is 0 Å². The molecule has 0 unspecified atom stereocenters. The second-order valence-electron chi connectivity index (χ2n) is 17.7. The number of esters is 1. The second kappa shape index (κ2) is 14.6. The lowest BCUT2D eigenvalue weighted by atomic mass is 9.72. The van der Waals surface area contributed by atoms with Crippen LogP contribution >= 0.6 is 0 Å². The molecule has 0 radical (unpaired) electrons. The molecule has 0 saturated carbocycles. The number of terminal acetylenes is 1. The maximum absolute atomic E-state index is 17.0. The number of aliphatic imine (C=N–C) groups is 1. The number of amides is 1. The third-order valence-corrected chi connectivity index (χ3v) is 13.0. The lowest BCUT2D eigenvalue weighted by Crippen LogP contribution is -2.64. The second-order valence-corrected chi connectivity index (χ2v) is 17.7. The smallest absolute Gasteiger partial charge is 0.411 e. The van der Waals surface area contributed by atoms with Crippen molar-refractivity contribution < 1.29 is 42.5 Å². The van der Waals surface area contributed by atoms with Gasteiger partial charge in [0.1, 0.15) is 12.7 Å². The van der Waals surface area contributed by atoms with Crippen molar-refractivity contribution in [1.82, 2.24) is 9.80 Å². The number of rotatable bonds is 6. The van der Waals surface area contributed by atoms with E-state index in [-0.39, 0.29) is 43.4 Å². The van der Waals surface area contributed by atoms with Crippen molar-refractivity contribution in [3.63, 3.8) is 0 Å². The molecule has 11 nitrogen and oxygen atoms in total. The van der Waals surface area contributed by atoms with Crippen molar-refractivity contribution in [2.75, 3.05) is 20.7 Å². The predicted molar refractivity (Wildman–Crippen MR) is 197 cm³/mol. The van der Waals surface area contributed by atoms with Gasteiger partial charge in [-0.05, 0) is 94.7 Å². The van der Waals surface area contributed by atoms with E-state index < -0.39 is 82.2 Å². The summed E-state index contributed by atoms with van der Waals surface area (Å²) in [6.07, 6.45) is 3.28. The van der Waals surface area contributed by atoms with Crippen molar-refractivity contribution in [1.29, 1.82) is 0 Å². The fourth-order valence-electron chi connectivity index (χ4n) is 9.40. The molecule has 0 aromatic rings. The summed E-state index contributed by atoms with van der Waals surface area (Å²) in [5.74, 6) is -1.91. The van der Waals surface area contributed by atoms with Crippen molar-refractivity contribution in [3.8, 4) is 12.3 Å². The molecular formula is C40H64FN3O8. The normalized spacial score (nSPS) is 43.9. The third kappa shape index (κ3) is 7.04. The summed E-state index contributed by atoms with van der Waals surface area (Å²) < 4.78 is 48.9. The number of nitrogens with zero attached hydrogens (tertiary/aromatic N) is 3. The zero-order valence-corrected chi connectivity index (χ0v) is 34.2. The van der Waals surface area contributed by atoms with Crippen LogP contribution in [0.1, 0.15) is 109 Å². The minimum absolute atomic E-state index is 0.0999. The SMILES string of the molecule is C#CCO[C@@]1(C)C[C@@H](C)C2=NC(C)(C)C(C)(C)N3C(=O)O[C@](C)([C@@H](CC)OC(=O)[C@@](C)(F)C(=O)[C@H](C)[C@H]1O[C@@H]1O[C@H](C)C[C@H](N(C)C)[C@H]1C)[C@H]3[C@H]2C. The average molecular weight is 734 g/mol. The van der Waals surface area contributed by atoms with Crippen LogP contribution in [0.5, 0.6) is 0 Å². The van der Waals surface area contributed by atoms with Crippen molar-refractivity contribution >= 4 is 23.6 Å². The van der Waals surface area contributed by atoms with Gasteiger partial charge in [0.15, 0.2) is 17.7 Å². The van der Waals surface area contributed by atoms with Crippen LogP contribution in [0.3, 0.4) is 0 Å². The van der Waals surface area contributed by atoms with Crippen LogP contribution < -0.4 is 0 Å². The van der Waals surface area contributed by atoms with E-state index in [0.717, 1.165) is 19.1 Å². The summed E-state index contributed by atoms with van der Waals surface area (Å²) >= 11 is 0. The standard InChI is InChI=1S/C40H64FN3O8/c1-17-19-48-38(12)21-22(3)29-25(6)30-40(14,52-35(47)44(30)37(10,11)36(8,9)42-29)28(18-2)50-34(46)39(13,41)31(45)26(7)32(38)51-33-24(5)27(43(15)16)20-23(4)49-33/h1,22-28,30,32-33H,18-21H2,2-16H3/t22-,23-,24-,25+,26+,27+,28-,30-,32-,33+,38+,39+,40-/m1/s1. The Labute approximate surface area is 311 Å². The van der Waals surface area contributed by atoms with E-state index in [1.807, 2.05) is 76.4 Å². The number of hydrogen-bond acceptors (Lipinski definition) is 10. The van der Waals surface area contributed by atoms with Gasteiger partial charge in [0.25, 0.3) is 5.67 Å². The largest absolute Gasteiger partial charge is 0.455 e. The van der Waals surface area contributed by atoms with E-state index in [1.54, 1.807) is 25.7 Å². The molecule has 4 rings (SSSR count). The maximum Gasteiger partial charge on any atom is 0.411 e. The van der Waals surface area contributed by atoms with Gasteiger partial charge in [0.05, 0.1) is 34.9 Å². The molecule has 12 heteroatoms. The number of halogens is 1. The van der Waals surface area contributed by atoms with Crippen LogP contribution in [0, 0.1) is 36.0 Å². The highest BCUT2D eigenvalue weighted by Gasteiger charge is 2.66.